The molecule has 1 aromatic carbocycles. The summed E-state index contributed by atoms with van der Waals surface area (Å²) < 4.78 is 39.9. The van der Waals surface area contributed by atoms with Gasteiger partial charge in [-0.15, -0.1) is 0 Å². The van der Waals surface area contributed by atoms with E-state index < -0.39 is 11.7 Å². The van der Waals surface area contributed by atoms with Gasteiger partial charge in [0, 0.05) is 0 Å². The lowest BCUT2D eigenvalue weighted by Gasteiger charge is -2.36. The molecule has 1 unspecified atom stereocenters. The Kier molecular flexibility index (Phi) is 2.70. The molecule has 0 saturated heterocycles. The van der Waals surface area contributed by atoms with Gasteiger partial charge >= 0.3 is 6.18 Å². The summed E-state index contributed by atoms with van der Waals surface area (Å²) in [5.74, 6) is -0.333. The first-order chi connectivity index (χ1) is 7.52. The van der Waals surface area contributed by atoms with Gasteiger partial charge in [0.25, 0.3) is 0 Å². The van der Waals surface area contributed by atoms with Crippen LogP contribution in [0.25, 0.3) is 0 Å². The highest BCUT2D eigenvalue weighted by Gasteiger charge is 2.62. The minimum absolute atomic E-state index is 0.313. The van der Waals surface area contributed by atoms with Crippen molar-refractivity contribution in [2.45, 2.75) is 24.6 Å². The average molecular weight is 229 g/mol. The number of benzene rings is 1. The molecular weight excluding hydrogens is 215 g/mol. The van der Waals surface area contributed by atoms with Gasteiger partial charge in [-0.3, -0.25) is 0 Å². The minimum Gasteiger partial charge on any atom is -0.303 e. The number of hydrogen-bond donors (Lipinski definition) is 1. The topological polar surface area (TPSA) is 12.0 Å². The molecule has 0 heterocycles. The Balaban J connectivity index is 2.49. The second kappa shape index (κ2) is 3.77. The zero-order chi connectivity index (χ0) is 11.8. The molecule has 1 nitrogen and oxygen atoms in total. The SMILES string of the molecule is CNC(c1ccccc1)(C1CC1)C(F)(F)F. The van der Waals surface area contributed by atoms with Gasteiger partial charge in [0.2, 0.25) is 0 Å². The molecule has 1 N–H and O–H groups in total. The summed E-state index contributed by atoms with van der Waals surface area (Å²) in [5.41, 5.74) is -1.55. The van der Waals surface area contributed by atoms with Crippen molar-refractivity contribution < 1.29 is 13.2 Å². The number of rotatable bonds is 3. The van der Waals surface area contributed by atoms with Crippen molar-refractivity contribution in [3.8, 4) is 0 Å². The van der Waals surface area contributed by atoms with Crippen LogP contribution in [0.3, 0.4) is 0 Å². The van der Waals surface area contributed by atoms with E-state index >= 15 is 0 Å². The Bertz CT molecular complexity index is 356. The van der Waals surface area contributed by atoms with Gasteiger partial charge in [-0.2, -0.15) is 13.2 Å². The van der Waals surface area contributed by atoms with Crippen LogP contribution in [0.4, 0.5) is 13.2 Å². The van der Waals surface area contributed by atoms with E-state index in [1.807, 2.05) is 0 Å². The predicted molar refractivity (Wildman–Crippen MR) is 56.0 cm³/mol. The van der Waals surface area contributed by atoms with Crippen molar-refractivity contribution in [1.82, 2.24) is 5.32 Å². The van der Waals surface area contributed by atoms with E-state index in [2.05, 4.69) is 5.32 Å². The fourth-order valence-corrected chi connectivity index (χ4v) is 2.34. The molecule has 1 aromatic rings. The average Bonchev–Trinajstić information content (AvgIpc) is 3.04. The molecule has 2 rings (SSSR count). The number of hydrogen-bond acceptors (Lipinski definition) is 1. The lowest BCUT2D eigenvalue weighted by molar-refractivity contribution is -0.206. The second-order valence-electron chi connectivity index (χ2n) is 4.20. The smallest absolute Gasteiger partial charge is 0.303 e. The lowest BCUT2D eigenvalue weighted by Crippen LogP contribution is -2.54. The van der Waals surface area contributed by atoms with Crippen LogP contribution in [-0.4, -0.2) is 13.2 Å². The van der Waals surface area contributed by atoms with Gasteiger partial charge in [-0.1, -0.05) is 30.3 Å². The van der Waals surface area contributed by atoms with Crippen LogP contribution in [0.1, 0.15) is 18.4 Å². The van der Waals surface area contributed by atoms with Crippen molar-refractivity contribution in [2.75, 3.05) is 7.05 Å². The van der Waals surface area contributed by atoms with Crippen LogP contribution in [0.15, 0.2) is 30.3 Å². The highest BCUT2D eigenvalue weighted by Crippen LogP contribution is 2.53. The summed E-state index contributed by atoms with van der Waals surface area (Å²) in [4.78, 5) is 0. The maximum Gasteiger partial charge on any atom is 0.411 e. The fraction of sp³-hybridized carbons (Fsp3) is 0.500. The molecule has 1 saturated carbocycles. The van der Waals surface area contributed by atoms with E-state index in [1.54, 1.807) is 30.3 Å². The lowest BCUT2D eigenvalue weighted by atomic mass is 9.84. The van der Waals surface area contributed by atoms with Gasteiger partial charge in [0.1, 0.15) is 5.54 Å². The van der Waals surface area contributed by atoms with Crippen molar-refractivity contribution in [1.29, 1.82) is 0 Å². The fourth-order valence-electron chi connectivity index (χ4n) is 2.34. The number of nitrogens with one attached hydrogen (secondary N) is 1. The van der Waals surface area contributed by atoms with Gasteiger partial charge in [-0.05, 0) is 31.4 Å². The maximum atomic E-state index is 13.3. The van der Waals surface area contributed by atoms with E-state index in [9.17, 15) is 13.2 Å². The minimum atomic E-state index is -4.26. The second-order valence-corrected chi connectivity index (χ2v) is 4.20. The number of halogens is 3. The summed E-state index contributed by atoms with van der Waals surface area (Å²) in [6.45, 7) is 0. The Hall–Kier alpha value is -1.03. The monoisotopic (exact) mass is 229 g/mol. The van der Waals surface area contributed by atoms with Crippen LogP contribution in [0, 0.1) is 5.92 Å². The maximum absolute atomic E-state index is 13.3. The van der Waals surface area contributed by atoms with E-state index in [0.29, 0.717) is 18.4 Å². The van der Waals surface area contributed by atoms with Crippen molar-refractivity contribution in [2.24, 2.45) is 5.92 Å². The van der Waals surface area contributed by atoms with Crippen LogP contribution < -0.4 is 5.32 Å². The van der Waals surface area contributed by atoms with Crippen LogP contribution in [0.2, 0.25) is 0 Å². The highest BCUT2D eigenvalue weighted by molar-refractivity contribution is 5.29. The molecule has 4 heteroatoms. The predicted octanol–water partition coefficient (Wildman–Crippen LogP) is 3.07. The van der Waals surface area contributed by atoms with Gasteiger partial charge in [0.05, 0.1) is 0 Å². The molecule has 1 aliphatic carbocycles. The Morgan fingerprint density at radius 2 is 1.69 bits per heavy atom. The zero-order valence-electron chi connectivity index (χ0n) is 9.01. The molecular formula is C12H14F3N. The van der Waals surface area contributed by atoms with E-state index in [0.717, 1.165) is 0 Å². The quantitative estimate of drug-likeness (QED) is 0.839. The largest absolute Gasteiger partial charge is 0.411 e. The normalized spacial score (nSPS) is 20.5. The first kappa shape index (κ1) is 11.5. The molecule has 0 radical (unpaired) electrons. The third-order valence-corrected chi connectivity index (χ3v) is 3.26. The molecule has 0 aliphatic heterocycles. The molecule has 0 aromatic heterocycles. The molecule has 0 amide bonds. The van der Waals surface area contributed by atoms with Crippen molar-refractivity contribution in [3.05, 3.63) is 35.9 Å². The molecule has 0 bridgehead atoms. The molecule has 1 fully saturated rings. The van der Waals surface area contributed by atoms with Crippen LogP contribution >= 0.6 is 0 Å². The van der Waals surface area contributed by atoms with Crippen LogP contribution in [0.5, 0.6) is 0 Å². The first-order valence-electron chi connectivity index (χ1n) is 5.33. The number of alkyl halides is 3. The molecule has 1 aliphatic rings. The zero-order valence-corrected chi connectivity index (χ0v) is 9.01. The standard InChI is InChI=1S/C12H14F3N/c1-16-11(10-7-8-10,12(13,14)15)9-5-3-2-4-6-9/h2-6,10,16H,7-8H2,1H3. The van der Waals surface area contributed by atoms with Gasteiger partial charge in [0.15, 0.2) is 0 Å². The Labute approximate surface area is 92.7 Å². The highest BCUT2D eigenvalue weighted by atomic mass is 19.4. The first-order valence-corrected chi connectivity index (χ1v) is 5.33. The molecule has 1 atom stereocenters. The summed E-state index contributed by atoms with van der Waals surface area (Å²) in [6, 6.07) is 8.11. The molecule has 16 heavy (non-hydrogen) atoms. The molecule has 88 valence electrons. The third kappa shape index (κ3) is 1.61. The van der Waals surface area contributed by atoms with Crippen molar-refractivity contribution in [3.63, 3.8) is 0 Å². The molecule has 0 spiro atoms. The summed E-state index contributed by atoms with van der Waals surface area (Å²) in [6.07, 6.45) is -2.99. The third-order valence-electron chi connectivity index (χ3n) is 3.26. The van der Waals surface area contributed by atoms with Crippen molar-refractivity contribution >= 4 is 0 Å². The van der Waals surface area contributed by atoms with E-state index in [4.69, 9.17) is 0 Å². The summed E-state index contributed by atoms with van der Waals surface area (Å²) >= 11 is 0. The van der Waals surface area contributed by atoms with E-state index in [1.165, 1.54) is 7.05 Å². The van der Waals surface area contributed by atoms with Gasteiger partial charge < -0.3 is 5.32 Å². The van der Waals surface area contributed by atoms with Crippen LogP contribution in [-0.2, 0) is 5.54 Å². The van der Waals surface area contributed by atoms with E-state index in [-0.39, 0.29) is 5.92 Å². The van der Waals surface area contributed by atoms with Gasteiger partial charge in [-0.25, -0.2) is 0 Å². The Morgan fingerprint density at radius 1 is 1.12 bits per heavy atom. The summed E-state index contributed by atoms with van der Waals surface area (Å²) in [5, 5.41) is 2.51. The summed E-state index contributed by atoms with van der Waals surface area (Å²) in [7, 11) is 1.39. The Morgan fingerprint density at radius 3 is 2.06 bits per heavy atom.